The minimum atomic E-state index is -1.36. The fourth-order valence-electron chi connectivity index (χ4n) is 1.71. The Morgan fingerprint density at radius 3 is 2.38 bits per heavy atom. The first-order chi connectivity index (χ1) is 7.61. The quantitative estimate of drug-likeness (QED) is 0.755. The lowest BCUT2D eigenvalue weighted by atomic mass is 10.1. The van der Waals surface area contributed by atoms with Crippen LogP contribution < -0.4 is 5.32 Å². The number of urea groups is 1. The van der Waals surface area contributed by atoms with Crippen LogP contribution in [0.5, 0.6) is 0 Å². The van der Waals surface area contributed by atoms with Crippen molar-refractivity contribution in [3.63, 3.8) is 0 Å². The van der Waals surface area contributed by atoms with Crippen LogP contribution in [0.3, 0.4) is 0 Å². The molecule has 1 N–H and O–H groups in total. The summed E-state index contributed by atoms with van der Waals surface area (Å²) in [6, 6.07) is 7.49. The molecule has 16 heavy (non-hydrogen) atoms. The second-order valence-corrected chi connectivity index (χ2v) is 3.60. The van der Waals surface area contributed by atoms with Gasteiger partial charge in [-0.15, -0.1) is 0 Å². The highest BCUT2D eigenvalue weighted by atomic mass is 16.3. The molecule has 5 nitrogen and oxygen atoms in total. The molecule has 2 atom stereocenters. The third kappa shape index (κ3) is 1.65. The molecular weight excluding hydrogens is 208 g/mol. The smallest absolute Gasteiger partial charge is 0.322 e. The predicted octanol–water partition coefficient (Wildman–Crippen LogP) is 1.06. The molecule has 1 aromatic rings. The highest BCUT2D eigenvalue weighted by molar-refractivity contribution is 6.04. The first kappa shape index (κ1) is 10.6. The van der Waals surface area contributed by atoms with Crippen molar-refractivity contribution < 1.29 is 14.7 Å². The van der Waals surface area contributed by atoms with Gasteiger partial charge in [-0.05, 0) is 12.5 Å². The maximum Gasteiger partial charge on any atom is 0.327 e. The topological polar surface area (TPSA) is 69.3 Å². The number of carbonyl (C=O) groups excluding carboxylic acids is 2. The summed E-state index contributed by atoms with van der Waals surface area (Å²) in [5.74, 6) is -0.487. The van der Waals surface area contributed by atoms with Crippen molar-refractivity contribution in [2.45, 2.75) is 19.2 Å². The highest BCUT2D eigenvalue weighted by Crippen LogP contribution is 2.22. The summed E-state index contributed by atoms with van der Waals surface area (Å²) in [7, 11) is 0. The minimum absolute atomic E-state index is 0.487. The van der Waals surface area contributed by atoms with E-state index in [2.05, 4.69) is 5.32 Å². The molecule has 0 saturated carbocycles. The Labute approximate surface area is 92.7 Å². The summed E-state index contributed by atoms with van der Waals surface area (Å²) in [5, 5.41) is 13.7. The first-order valence-electron chi connectivity index (χ1n) is 4.95. The third-order valence-corrected chi connectivity index (χ3v) is 2.47. The van der Waals surface area contributed by atoms with Crippen molar-refractivity contribution in [1.29, 1.82) is 0 Å². The van der Waals surface area contributed by atoms with Crippen LogP contribution in [0.4, 0.5) is 4.79 Å². The number of benzene rings is 1. The van der Waals surface area contributed by atoms with E-state index < -0.39 is 24.2 Å². The van der Waals surface area contributed by atoms with Crippen molar-refractivity contribution in [3.05, 3.63) is 35.9 Å². The van der Waals surface area contributed by atoms with Crippen LogP contribution in [-0.4, -0.2) is 23.1 Å². The van der Waals surface area contributed by atoms with E-state index in [1.165, 1.54) is 6.92 Å². The van der Waals surface area contributed by atoms with Crippen LogP contribution in [0.15, 0.2) is 30.3 Å². The zero-order valence-electron chi connectivity index (χ0n) is 8.71. The number of hydrogen-bond donors (Lipinski definition) is 1. The lowest BCUT2D eigenvalue weighted by Crippen LogP contribution is -2.37. The second kappa shape index (κ2) is 3.94. The zero-order valence-corrected chi connectivity index (χ0v) is 8.71. The van der Waals surface area contributed by atoms with E-state index in [0.29, 0.717) is 10.5 Å². The van der Waals surface area contributed by atoms with Crippen molar-refractivity contribution in [1.82, 2.24) is 10.2 Å². The number of hydrogen-bond acceptors (Lipinski definition) is 2. The molecule has 2 unspecified atom stereocenters. The summed E-state index contributed by atoms with van der Waals surface area (Å²) in [6.07, 6.45) is -1.36. The molecule has 1 aromatic carbocycles. The Kier molecular flexibility index (Phi) is 2.62. The Hall–Kier alpha value is -1.88. The maximum absolute atomic E-state index is 11.8. The van der Waals surface area contributed by atoms with Gasteiger partial charge in [-0.3, -0.25) is 4.79 Å². The Morgan fingerprint density at radius 1 is 1.25 bits per heavy atom. The van der Waals surface area contributed by atoms with Gasteiger partial charge in [0.1, 0.15) is 6.04 Å². The monoisotopic (exact) mass is 219 g/mol. The Morgan fingerprint density at radius 2 is 1.88 bits per heavy atom. The van der Waals surface area contributed by atoms with Gasteiger partial charge < -0.3 is 5.32 Å². The summed E-state index contributed by atoms with van der Waals surface area (Å²) in [4.78, 5) is 23.9. The highest BCUT2D eigenvalue weighted by Gasteiger charge is 2.41. The van der Waals surface area contributed by atoms with Crippen LogP contribution in [0.1, 0.15) is 18.5 Å². The van der Waals surface area contributed by atoms with E-state index in [4.69, 9.17) is 0 Å². The molecule has 0 aliphatic carbocycles. The van der Waals surface area contributed by atoms with Gasteiger partial charge in [0.25, 0.3) is 5.91 Å². The largest absolute Gasteiger partial charge is 0.327 e. The summed E-state index contributed by atoms with van der Waals surface area (Å²) in [5.41, 5.74) is 0.684. The van der Waals surface area contributed by atoms with Gasteiger partial charge in [0.15, 0.2) is 6.23 Å². The second-order valence-electron chi connectivity index (χ2n) is 3.60. The normalized spacial score (nSPS) is 22.1. The number of amides is 3. The van der Waals surface area contributed by atoms with Crippen LogP contribution in [0, 0.1) is 0 Å². The lowest BCUT2D eigenvalue weighted by molar-refractivity contribution is -0.136. The molecule has 3 amide bonds. The molecule has 0 bridgehead atoms. The van der Waals surface area contributed by atoms with E-state index in [9.17, 15) is 14.7 Å². The number of nitrogens with zero attached hydrogens (tertiary/aromatic N) is 1. The summed E-state index contributed by atoms with van der Waals surface area (Å²) in [6.45, 7) is 1.27. The molecule has 1 radical (unpaired) electrons. The summed E-state index contributed by atoms with van der Waals surface area (Å²) < 4.78 is 0. The van der Waals surface area contributed by atoms with E-state index in [1.807, 2.05) is 6.07 Å². The van der Waals surface area contributed by atoms with Gasteiger partial charge in [0.2, 0.25) is 0 Å². The number of carbonyl (C=O) groups is 2. The van der Waals surface area contributed by atoms with Crippen LogP contribution in [0.2, 0.25) is 0 Å². The van der Waals surface area contributed by atoms with E-state index >= 15 is 0 Å². The van der Waals surface area contributed by atoms with Gasteiger partial charge >= 0.3 is 6.03 Å². The van der Waals surface area contributed by atoms with Gasteiger partial charge in [0, 0.05) is 0 Å². The molecule has 1 heterocycles. The molecule has 1 aliphatic rings. The van der Waals surface area contributed by atoms with Gasteiger partial charge in [-0.1, -0.05) is 30.3 Å². The van der Waals surface area contributed by atoms with E-state index in [-0.39, 0.29) is 0 Å². The predicted molar refractivity (Wildman–Crippen MR) is 54.7 cm³/mol. The molecular formula is C11H11N2O3. The van der Waals surface area contributed by atoms with Crippen LogP contribution >= 0.6 is 0 Å². The van der Waals surface area contributed by atoms with Crippen molar-refractivity contribution in [2.75, 3.05) is 0 Å². The van der Waals surface area contributed by atoms with Crippen molar-refractivity contribution in [3.8, 4) is 0 Å². The number of imide groups is 1. The fourth-order valence-corrected chi connectivity index (χ4v) is 1.71. The van der Waals surface area contributed by atoms with Gasteiger partial charge in [-0.25, -0.2) is 14.8 Å². The fraction of sp³-hybridized carbons (Fsp3) is 0.273. The van der Waals surface area contributed by atoms with Crippen molar-refractivity contribution >= 4 is 11.9 Å². The standard InChI is InChI=1S/C11H11N2O3/c1-7(14)13-10(15)9(12-11(13)16)8-5-3-2-4-6-8/h2-7,9H,1H3,(H,12,16). The number of rotatable bonds is 2. The molecule has 1 aliphatic heterocycles. The molecule has 1 fully saturated rings. The minimum Gasteiger partial charge on any atom is -0.322 e. The third-order valence-electron chi connectivity index (χ3n) is 2.47. The molecule has 1 saturated heterocycles. The van der Waals surface area contributed by atoms with Crippen LogP contribution in [-0.2, 0) is 9.90 Å². The molecule has 83 valence electrons. The summed E-state index contributed by atoms with van der Waals surface area (Å²) >= 11 is 0. The molecule has 5 heteroatoms. The van der Waals surface area contributed by atoms with E-state index in [1.54, 1.807) is 24.3 Å². The van der Waals surface area contributed by atoms with Gasteiger partial charge in [0.05, 0.1) is 0 Å². The molecule has 0 aromatic heterocycles. The lowest BCUT2D eigenvalue weighted by Gasteiger charge is -2.13. The van der Waals surface area contributed by atoms with Gasteiger partial charge in [-0.2, -0.15) is 0 Å². The van der Waals surface area contributed by atoms with E-state index in [0.717, 1.165) is 0 Å². The molecule has 2 rings (SSSR count). The molecule has 0 spiro atoms. The Bertz CT molecular complexity index is 416. The maximum atomic E-state index is 11.8. The first-order valence-corrected chi connectivity index (χ1v) is 4.95. The number of nitrogens with one attached hydrogen (secondary N) is 1. The zero-order chi connectivity index (χ0) is 11.7. The average molecular weight is 219 g/mol. The van der Waals surface area contributed by atoms with Crippen molar-refractivity contribution in [2.24, 2.45) is 0 Å². The SMILES string of the molecule is CC([O])N1C(=O)NC(c2ccccc2)C1=O. The average Bonchev–Trinajstić information content (AvgIpc) is 2.55. The van der Waals surface area contributed by atoms with Crippen LogP contribution in [0.25, 0.3) is 0 Å². The Balaban J connectivity index is 2.28.